The highest BCUT2D eigenvalue weighted by Gasteiger charge is 2.30. The van der Waals surface area contributed by atoms with Crippen molar-refractivity contribution in [1.29, 1.82) is 0 Å². The Kier molecular flexibility index (Phi) is 4.34. The second-order valence-corrected chi connectivity index (χ2v) is 8.71. The Hall–Kier alpha value is -1.10. The van der Waals surface area contributed by atoms with E-state index in [0.717, 1.165) is 31.1 Å². The van der Waals surface area contributed by atoms with Crippen molar-refractivity contribution < 1.29 is 9.90 Å². The highest BCUT2D eigenvalue weighted by molar-refractivity contribution is 7.17. The van der Waals surface area contributed by atoms with Crippen LogP contribution in [0, 0.1) is 5.41 Å². The number of aromatic nitrogens is 1. The van der Waals surface area contributed by atoms with Gasteiger partial charge in [-0.2, -0.15) is 0 Å². The number of aromatic carboxylic acids is 1. The van der Waals surface area contributed by atoms with E-state index in [4.69, 9.17) is 0 Å². The van der Waals surface area contributed by atoms with Gasteiger partial charge < -0.3 is 10.0 Å². The van der Waals surface area contributed by atoms with Gasteiger partial charge in [-0.15, -0.1) is 0 Å². The summed E-state index contributed by atoms with van der Waals surface area (Å²) in [6, 6.07) is 0. The van der Waals surface area contributed by atoms with Crippen molar-refractivity contribution in [1.82, 2.24) is 4.98 Å². The lowest BCUT2D eigenvalue weighted by Crippen LogP contribution is -2.25. The predicted molar refractivity (Wildman–Crippen MR) is 87.6 cm³/mol. The fourth-order valence-electron chi connectivity index (χ4n) is 2.71. The Labute approximate surface area is 131 Å². The molecule has 0 aromatic carbocycles. The Balaban J connectivity index is 2.30. The van der Waals surface area contributed by atoms with Gasteiger partial charge in [0.25, 0.3) is 0 Å². The minimum absolute atomic E-state index is 0.242. The van der Waals surface area contributed by atoms with Gasteiger partial charge in [-0.3, -0.25) is 0 Å². The summed E-state index contributed by atoms with van der Waals surface area (Å²) in [5.41, 5.74) is 0.834. The largest absolute Gasteiger partial charge is 0.477 e. The van der Waals surface area contributed by atoms with Gasteiger partial charge in [0.1, 0.15) is 4.88 Å². The maximum atomic E-state index is 11.5. The van der Waals surface area contributed by atoms with Crippen LogP contribution in [0.25, 0.3) is 0 Å². The number of rotatable bonds is 2. The van der Waals surface area contributed by atoms with E-state index in [-0.39, 0.29) is 5.41 Å². The van der Waals surface area contributed by atoms with Crippen molar-refractivity contribution >= 4 is 22.4 Å². The maximum absolute atomic E-state index is 11.5. The highest BCUT2D eigenvalue weighted by Crippen LogP contribution is 2.37. The number of nitrogens with zero attached hydrogens (tertiary/aromatic N) is 2. The summed E-state index contributed by atoms with van der Waals surface area (Å²) in [6.07, 6.45) is 3.48. The number of hydrogen-bond donors (Lipinski definition) is 1. The Morgan fingerprint density at radius 3 is 2.48 bits per heavy atom. The topological polar surface area (TPSA) is 53.4 Å². The molecule has 1 aromatic heterocycles. The number of carboxylic acid groups (broad SMARTS) is 1. The third kappa shape index (κ3) is 3.76. The molecular formula is C16H26N2O2S. The van der Waals surface area contributed by atoms with Crippen molar-refractivity contribution in [2.24, 2.45) is 5.41 Å². The number of thiazole rings is 1. The second-order valence-electron chi connectivity index (χ2n) is 7.73. The van der Waals surface area contributed by atoms with E-state index < -0.39 is 5.97 Å². The van der Waals surface area contributed by atoms with E-state index in [9.17, 15) is 9.90 Å². The molecule has 0 atom stereocenters. The Bertz CT molecular complexity index is 529. The van der Waals surface area contributed by atoms with Crippen molar-refractivity contribution in [2.45, 2.75) is 59.3 Å². The fourth-order valence-corrected chi connectivity index (χ4v) is 3.88. The van der Waals surface area contributed by atoms with Crippen LogP contribution in [0.2, 0.25) is 0 Å². The molecule has 1 aromatic rings. The lowest BCUT2D eigenvalue weighted by atomic mass is 9.85. The zero-order valence-electron chi connectivity index (χ0n) is 13.7. The van der Waals surface area contributed by atoms with Crippen molar-refractivity contribution in [3.05, 3.63) is 10.6 Å². The van der Waals surface area contributed by atoms with Gasteiger partial charge in [0.15, 0.2) is 5.13 Å². The van der Waals surface area contributed by atoms with E-state index in [1.807, 2.05) is 20.8 Å². The van der Waals surface area contributed by atoms with Crippen LogP contribution in [-0.4, -0.2) is 29.1 Å². The van der Waals surface area contributed by atoms with Crippen LogP contribution in [0.5, 0.6) is 0 Å². The van der Waals surface area contributed by atoms with Crippen LogP contribution < -0.4 is 4.90 Å². The van der Waals surface area contributed by atoms with Gasteiger partial charge in [0.2, 0.25) is 0 Å². The lowest BCUT2D eigenvalue weighted by Gasteiger charge is -2.23. The van der Waals surface area contributed by atoms with E-state index in [1.54, 1.807) is 0 Å². The van der Waals surface area contributed by atoms with E-state index in [2.05, 4.69) is 23.7 Å². The van der Waals surface area contributed by atoms with Crippen LogP contribution in [-0.2, 0) is 5.41 Å². The molecule has 0 bridgehead atoms. The molecule has 1 fully saturated rings. The molecule has 1 saturated heterocycles. The summed E-state index contributed by atoms with van der Waals surface area (Å²) in [5, 5.41) is 10.3. The number of carboxylic acids is 1. The first-order chi connectivity index (χ1) is 9.60. The van der Waals surface area contributed by atoms with Crippen LogP contribution in [0.4, 0.5) is 5.13 Å². The second kappa shape index (κ2) is 5.59. The van der Waals surface area contributed by atoms with Gasteiger partial charge in [-0.05, 0) is 24.7 Å². The van der Waals surface area contributed by atoms with Gasteiger partial charge >= 0.3 is 5.97 Å². The average molecular weight is 310 g/mol. The Morgan fingerprint density at radius 1 is 1.29 bits per heavy atom. The molecule has 1 aliphatic rings. The maximum Gasteiger partial charge on any atom is 0.347 e. The lowest BCUT2D eigenvalue weighted by molar-refractivity contribution is 0.0699. The molecule has 1 aliphatic heterocycles. The molecule has 2 heterocycles. The molecule has 4 nitrogen and oxygen atoms in total. The molecule has 0 radical (unpaired) electrons. The van der Waals surface area contributed by atoms with Crippen LogP contribution in [0.1, 0.15) is 69.2 Å². The van der Waals surface area contributed by atoms with E-state index >= 15 is 0 Å². The molecule has 1 N–H and O–H groups in total. The molecule has 0 spiro atoms. The fraction of sp³-hybridized carbons (Fsp3) is 0.750. The summed E-state index contributed by atoms with van der Waals surface area (Å²) in [4.78, 5) is 18.8. The SMILES string of the molecule is CC1(C)CCCN(c2nc(C(C)(C)C)c(C(=O)O)s2)CC1. The van der Waals surface area contributed by atoms with Crippen LogP contribution >= 0.6 is 11.3 Å². The first-order valence-electron chi connectivity index (χ1n) is 7.60. The molecule has 0 unspecified atom stereocenters. The van der Waals surface area contributed by atoms with Gasteiger partial charge in [0.05, 0.1) is 5.69 Å². The zero-order valence-corrected chi connectivity index (χ0v) is 14.5. The first-order valence-corrected chi connectivity index (χ1v) is 8.41. The van der Waals surface area contributed by atoms with E-state index in [0.29, 0.717) is 16.0 Å². The van der Waals surface area contributed by atoms with Gasteiger partial charge in [-0.1, -0.05) is 46.0 Å². The third-order valence-corrected chi connectivity index (χ3v) is 5.24. The summed E-state index contributed by atoms with van der Waals surface area (Å²) in [5.74, 6) is -0.862. The highest BCUT2D eigenvalue weighted by atomic mass is 32.1. The number of hydrogen-bond acceptors (Lipinski definition) is 4. The van der Waals surface area contributed by atoms with Crippen molar-refractivity contribution in [3.63, 3.8) is 0 Å². The molecule has 0 saturated carbocycles. The smallest absolute Gasteiger partial charge is 0.347 e. The summed E-state index contributed by atoms with van der Waals surface area (Å²) >= 11 is 1.33. The van der Waals surface area contributed by atoms with Crippen molar-refractivity contribution in [2.75, 3.05) is 18.0 Å². The summed E-state index contributed by atoms with van der Waals surface area (Å²) in [6.45, 7) is 12.6. The van der Waals surface area contributed by atoms with Crippen LogP contribution in [0.3, 0.4) is 0 Å². The van der Waals surface area contributed by atoms with Gasteiger partial charge in [-0.25, -0.2) is 9.78 Å². The van der Waals surface area contributed by atoms with Crippen molar-refractivity contribution in [3.8, 4) is 0 Å². The predicted octanol–water partition coefficient (Wildman–Crippen LogP) is 4.16. The molecule has 118 valence electrons. The zero-order chi connectivity index (χ0) is 15.8. The van der Waals surface area contributed by atoms with Gasteiger partial charge in [0, 0.05) is 18.5 Å². The van der Waals surface area contributed by atoms with Crippen LogP contribution in [0.15, 0.2) is 0 Å². The molecule has 0 aliphatic carbocycles. The standard InChI is InChI=1S/C16H26N2O2S/c1-15(2,3)12-11(13(19)20)21-14(17-12)18-9-6-7-16(4,5)8-10-18/h6-10H2,1-5H3,(H,19,20). The molecular weight excluding hydrogens is 284 g/mol. The monoisotopic (exact) mass is 310 g/mol. The Morgan fingerprint density at radius 2 is 1.95 bits per heavy atom. The molecule has 21 heavy (non-hydrogen) atoms. The normalized spacial score (nSPS) is 19.4. The number of anilines is 1. The molecule has 0 amide bonds. The average Bonchev–Trinajstić information content (AvgIpc) is 2.70. The molecule has 2 rings (SSSR count). The number of carbonyl (C=O) groups is 1. The summed E-state index contributed by atoms with van der Waals surface area (Å²) < 4.78 is 0. The quantitative estimate of drug-likeness (QED) is 0.891. The molecule has 5 heteroatoms. The summed E-state index contributed by atoms with van der Waals surface area (Å²) in [7, 11) is 0. The van der Waals surface area contributed by atoms with E-state index in [1.165, 1.54) is 17.8 Å². The minimum atomic E-state index is -0.862. The third-order valence-electron chi connectivity index (χ3n) is 4.13. The minimum Gasteiger partial charge on any atom is -0.477 e. The first kappa shape index (κ1) is 16.3.